The molecule has 2 amide bonds. The van der Waals surface area contributed by atoms with Gasteiger partial charge in [0.1, 0.15) is 11.9 Å². The van der Waals surface area contributed by atoms with E-state index in [1.807, 2.05) is 18.2 Å². The van der Waals surface area contributed by atoms with Crippen molar-refractivity contribution >= 4 is 45.0 Å². The number of carbonyl (C=O) groups excluding carboxylic acids is 2. The first kappa shape index (κ1) is 30.5. The van der Waals surface area contributed by atoms with E-state index < -0.39 is 16.1 Å². The monoisotopic (exact) mass is 592 g/mol. The summed E-state index contributed by atoms with van der Waals surface area (Å²) in [6.45, 7) is 1.91. The molecule has 1 aliphatic heterocycles. The number of anilines is 3. The number of para-hydroxylation sites is 1. The number of likely N-dealkylation sites (N-methyl/N-ethyl adjacent to an activating group) is 1. The third kappa shape index (κ3) is 8.04. The molecule has 2 aromatic carbocycles. The maximum Gasteiger partial charge on any atom is 0.264 e. The zero-order valence-corrected chi connectivity index (χ0v) is 24.5. The van der Waals surface area contributed by atoms with Gasteiger partial charge >= 0.3 is 0 Å². The molecule has 2 heterocycles. The summed E-state index contributed by atoms with van der Waals surface area (Å²) < 4.78 is 27.4. The molecule has 1 unspecified atom stereocenters. The number of rotatable bonds is 13. The summed E-state index contributed by atoms with van der Waals surface area (Å²) in [5.74, 6) is 0.408. The molecule has 1 aromatic heterocycles. The molecule has 1 atom stereocenters. The average Bonchev–Trinajstić information content (AvgIpc) is 3.01. The minimum Gasteiger partial charge on any atom is -0.385 e. The minimum atomic E-state index is -3.69. The maximum absolute atomic E-state index is 13.1. The van der Waals surface area contributed by atoms with Gasteiger partial charge in [-0.3, -0.25) is 19.2 Å². The van der Waals surface area contributed by atoms with E-state index in [2.05, 4.69) is 31.2 Å². The fourth-order valence-corrected chi connectivity index (χ4v) is 5.49. The number of aromatic nitrogens is 1. The van der Waals surface area contributed by atoms with Crippen LogP contribution in [0.3, 0.4) is 0 Å². The molecule has 42 heavy (non-hydrogen) atoms. The van der Waals surface area contributed by atoms with Crippen LogP contribution in [-0.2, 0) is 19.6 Å². The third-order valence-corrected chi connectivity index (χ3v) is 8.51. The number of sulfonamides is 1. The van der Waals surface area contributed by atoms with Crippen LogP contribution in [0.1, 0.15) is 12.8 Å². The third-order valence-electron chi connectivity index (χ3n) is 6.73. The summed E-state index contributed by atoms with van der Waals surface area (Å²) in [5.41, 5.74) is 1.30. The molecule has 12 nitrogen and oxygen atoms in total. The second-order valence-electron chi connectivity index (χ2n) is 9.66. The van der Waals surface area contributed by atoms with E-state index in [-0.39, 0.29) is 29.7 Å². The van der Waals surface area contributed by atoms with Crippen molar-refractivity contribution in [3.63, 3.8) is 0 Å². The Labute approximate surface area is 246 Å². The molecule has 0 radical (unpaired) electrons. The Morgan fingerprint density at radius 3 is 2.52 bits per heavy atom. The number of benzene rings is 2. The molecule has 3 aromatic rings. The SMILES string of the molecule is CN(C(=O)CCNCCCNc1cccc(S(=O)(=O)N(C)c2ccccc2)c1)C1CN=C(Nc2ccccn2)NC1=O. The van der Waals surface area contributed by atoms with Crippen molar-refractivity contribution in [3.05, 3.63) is 79.0 Å². The Hall–Kier alpha value is -4.49. The van der Waals surface area contributed by atoms with E-state index >= 15 is 0 Å². The van der Waals surface area contributed by atoms with E-state index in [0.717, 1.165) is 6.42 Å². The summed E-state index contributed by atoms with van der Waals surface area (Å²) >= 11 is 0. The lowest BCUT2D eigenvalue weighted by molar-refractivity contribution is -0.138. The van der Waals surface area contributed by atoms with Gasteiger partial charge in [0.05, 0.1) is 17.1 Å². The van der Waals surface area contributed by atoms with E-state index in [1.54, 1.807) is 67.8 Å². The molecule has 222 valence electrons. The summed E-state index contributed by atoms with van der Waals surface area (Å²) in [4.78, 5) is 35.3. The smallest absolute Gasteiger partial charge is 0.264 e. The maximum atomic E-state index is 13.1. The Balaban J connectivity index is 1.15. The van der Waals surface area contributed by atoms with Crippen molar-refractivity contribution in [2.75, 3.05) is 55.2 Å². The highest BCUT2D eigenvalue weighted by atomic mass is 32.2. The lowest BCUT2D eigenvalue weighted by atomic mass is 10.2. The van der Waals surface area contributed by atoms with Gasteiger partial charge < -0.3 is 20.9 Å². The van der Waals surface area contributed by atoms with Crippen LogP contribution in [-0.4, -0.2) is 82.4 Å². The summed E-state index contributed by atoms with van der Waals surface area (Å²) in [5, 5.41) is 12.1. The molecule has 0 fully saturated rings. The minimum absolute atomic E-state index is 0.157. The van der Waals surface area contributed by atoms with Crippen molar-refractivity contribution in [3.8, 4) is 0 Å². The molecule has 4 N–H and O–H groups in total. The summed E-state index contributed by atoms with van der Waals surface area (Å²) in [6, 6.07) is 20.4. The first-order valence-electron chi connectivity index (χ1n) is 13.6. The van der Waals surface area contributed by atoms with E-state index in [4.69, 9.17) is 0 Å². The highest BCUT2D eigenvalue weighted by Crippen LogP contribution is 2.23. The zero-order chi connectivity index (χ0) is 30.0. The fraction of sp³-hybridized carbons (Fsp3) is 0.310. The number of guanidine groups is 1. The van der Waals surface area contributed by atoms with Crippen molar-refractivity contribution in [2.45, 2.75) is 23.8 Å². The number of hydrogen-bond acceptors (Lipinski definition) is 9. The fourth-order valence-electron chi connectivity index (χ4n) is 4.25. The van der Waals surface area contributed by atoms with Gasteiger partial charge in [-0.25, -0.2) is 18.4 Å². The van der Waals surface area contributed by atoms with Gasteiger partial charge in [0.25, 0.3) is 15.9 Å². The Morgan fingerprint density at radius 2 is 1.79 bits per heavy atom. The number of hydrogen-bond donors (Lipinski definition) is 4. The van der Waals surface area contributed by atoms with Crippen molar-refractivity contribution in [1.82, 2.24) is 20.5 Å². The molecular formula is C29H36N8O4S. The largest absolute Gasteiger partial charge is 0.385 e. The van der Waals surface area contributed by atoms with Crippen LogP contribution in [0.4, 0.5) is 17.2 Å². The molecule has 0 saturated heterocycles. The number of nitrogens with one attached hydrogen (secondary N) is 4. The van der Waals surface area contributed by atoms with Gasteiger partial charge in [0.15, 0.2) is 0 Å². The molecule has 4 rings (SSSR count). The second-order valence-corrected chi connectivity index (χ2v) is 11.6. The quantitative estimate of drug-likeness (QED) is 0.221. The average molecular weight is 593 g/mol. The number of pyridine rings is 1. The van der Waals surface area contributed by atoms with Crippen LogP contribution in [0.25, 0.3) is 0 Å². The Bertz CT molecular complexity index is 1490. The standard InChI is InChI=1S/C29H36N8O4S/c1-36(25-21-33-29(35-28(25)39)34-26-14-6-7-17-32-26)27(38)15-19-30-16-9-18-31-22-10-8-13-24(20-22)42(40,41)37(2)23-11-4-3-5-12-23/h3-8,10-14,17,20,25,30-31H,9,15-16,18-19,21H2,1-2H3,(H2,32,33,34,35,39). The van der Waals surface area contributed by atoms with E-state index in [9.17, 15) is 18.0 Å². The number of amides is 2. The van der Waals surface area contributed by atoms with Crippen LogP contribution in [0.2, 0.25) is 0 Å². The highest BCUT2D eigenvalue weighted by molar-refractivity contribution is 7.92. The lowest BCUT2D eigenvalue weighted by Gasteiger charge is -2.29. The van der Waals surface area contributed by atoms with Gasteiger partial charge in [-0.15, -0.1) is 0 Å². The topological polar surface area (TPSA) is 148 Å². The summed E-state index contributed by atoms with van der Waals surface area (Å²) in [6.07, 6.45) is 2.63. The van der Waals surface area contributed by atoms with Crippen LogP contribution in [0, 0.1) is 0 Å². The van der Waals surface area contributed by atoms with Crippen LogP contribution in [0.5, 0.6) is 0 Å². The van der Waals surface area contributed by atoms with Gasteiger partial charge in [0, 0.05) is 45.5 Å². The molecular weight excluding hydrogens is 556 g/mol. The number of aliphatic imine (C=N–C) groups is 1. The van der Waals surface area contributed by atoms with Gasteiger partial charge in [-0.1, -0.05) is 30.3 Å². The molecule has 13 heteroatoms. The predicted octanol–water partition coefficient (Wildman–Crippen LogP) is 2.11. The van der Waals surface area contributed by atoms with Crippen LogP contribution >= 0.6 is 0 Å². The van der Waals surface area contributed by atoms with Gasteiger partial charge in [0.2, 0.25) is 11.9 Å². The lowest BCUT2D eigenvalue weighted by Crippen LogP contribution is -2.55. The van der Waals surface area contributed by atoms with Crippen LogP contribution in [0.15, 0.2) is 88.9 Å². The van der Waals surface area contributed by atoms with Crippen molar-refractivity contribution in [2.24, 2.45) is 4.99 Å². The Kier molecular flexibility index (Phi) is 10.5. The summed E-state index contributed by atoms with van der Waals surface area (Å²) in [7, 11) is -0.549. The molecule has 0 saturated carbocycles. The first-order valence-corrected chi connectivity index (χ1v) is 15.1. The first-order chi connectivity index (χ1) is 20.3. The predicted molar refractivity (Wildman–Crippen MR) is 164 cm³/mol. The number of nitrogens with zero attached hydrogens (tertiary/aromatic N) is 4. The van der Waals surface area contributed by atoms with Crippen molar-refractivity contribution in [1.29, 1.82) is 0 Å². The molecule has 0 bridgehead atoms. The van der Waals surface area contributed by atoms with Gasteiger partial charge in [-0.2, -0.15) is 0 Å². The highest BCUT2D eigenvalue weighted by Gasteiger charge is 2.30. The second kappa shape index (κ2) is 14.4. The van der Waals surface area contributed by atoms with Crippen molar-refractivity contribution < 1.29 is 18.0 Å². The van der Waals surface area contributed by atoms with Gasteiger partial charge in [-0.05, 0) is 55.4 Å². The van der Waals surface area contributed by atoms with E-state index in [1.165, 1.54) is 16.3 Å². The Morgan fingerprint density at radius 1 is 1.00 bits per heavy atom. The zero-order valence-electron chi connectivity index (χ0n) is 23.7. The molecule has 0 spiro atoms. The molecule has 0 aliphatic carbocycles. The number of carbonyl (C=O) groups is 2. The van der Waals surface area contributed by atoms with Crippen LogP contribution < -0.4 is 25.6 Å². The molecule has 1 aliphatic rings. The van der Waals surface area contributed by atoms with E-state index in [0.29, 0.717) is 42.8 Å². The normalized spacial score (nSPS) is 14.9.